The van der Waals surface area contributed by atoms with Crippen molar-refractivity contribution >= 4 is 10.9 Å². The maximum atomic E-state index is 10.5. The van der Waals surface area contributed by atoms with E-state index in [-0.39, 0.29) is 5.75 Å². The van der Waals surface area contributed by atoms with E-state index in [1.165, 1.54) is 7.11 Å². The number of phenolic OH excluding ortho intramolecular Hbond substituents is 1. The van der Waals surface area contributed by atoms with Gasteiger partial charge >= 0.3 is 0 Å². The Bertz CT molecular complexity index is 1160. The summed E-state index contributed by atoms with van der Waals surface area (Å²) in [5, 5.41) is 11.3. The lowest BCUT2D eigenvalue weighted by atomic mass is 10.1. The molecule has 6 nitrogen and oxygen atoms in total. The number of benzene rings is 3. The number of aromatic hydroxyl groups is 1. The molecule has 4 rings (SSSR count). The molecule has 0 spiro atoms. The molecule has 0 saturated heterocycles. The van der Waals surface area contributed by atoms with Crippen LogP contribution in [0, 0.1) is 0 Å². The minimum absolute atomic E-state index is 0.0189. The lowest BCUT2D eigenvalue weighted by molar-refractivity contribution is 0.338. The van der Waals surface area contributed by atoms with Crippen LogP contribution in [-0.2, 0) is 0 Å². The molecule has 29 heavy (non-hydrogen) atoms. The number of hydrogen-bond acceptors (Lipinski definition) is 6. The van der Waals surface area contributed by atoms with Crippen molar-refractivity contribution in [2.24, 2.45) is 0 Å². The van der Waals surface area contributed by atoms with Crippen molar-refractivity contribution in [3.8, 4) is 40.3 Å². The lowest BCUT2D eigenvalue weighted by Crippen LogP contribution is -1.97. The zero-order valence-electron chi connectivity index (χ0n) is 16.1. The Hall–Kier alpha value is -3.80. The van der Waals surface area contributed by atoms with Crippen LogP contribution in [-0.4, -0.2) is 28.8 Å². The van der Waals surface area contributed by atoms with E-state index in [9.17, 15) is 5.11 Å². The second-order valence-electron chi connectivity index (χ2n) is 6.24. The Morgan fingerprint density at radius 1 is 0.897 bits per heavy atom. The first kappa shape index (κ1) is 18.6. The van der Waals surface area contributed by atoms with Gasteiger partial charge in [-0.1, -0.05) is 24.3 Å². The Morgan fingerprint density at radius 2 is 1.69 bits per heavy atom. The largest absolute Gasteiger partial charge is 0.504 e. The van der Waals surface area contributed by atoms with Gasteiger partial charge in [0.25, 0.3) is 0 Å². The molecular weight excluding hydrogens is 368 g/mol. The second-order valence-corrected chi connectivity index (χ2v) is 6.24. The van der Waals surface area contributed by atoms with Crippen LogP contribution in [0.1, 0.15) is 6.92 Å². The minimum Gasteiger partial charge on any atom is -0.504 e. The number of aromatic nitrogens is 2. The average Bonchev–Trinajstić information content (AvgIpc) is 2.74. The molecule has 146 valence electrons. The summed E-state index contributed by atoms with van der Waals surface area (Å²) in [6.07, 6.45) is 0. The summed E-state index contributed by atoms with van der Waals surface area (Å²) in [4.78, 5) is 9.19. The molecule has 4 aromatic rings. The van der Waals surface area contributed by atoms with Gasteiger partial charge in [0.05, 0.1) is 30.2 Å². The molecular formula is C23H20N2O4. The summed E-state index contributed by atoms with van der Waals surface area (Å²) >= 11 is 0. The first-order chi connectivity index (χ1) is 14.2. The van der Waals surface area contributed by atoms with Gasteiger partial charge in [0, 0.05) is 6.07 Å². The predicted octanol–water partition coefficient (Wildman–Crippen LogP) is 5.20. The Labute approximate surface area is 168 Å². The van der Waals surface area contributed by atoms with Crippen molar-refractivity contribution in [3.63, 3.8) is 0 Å². The zero-order valence-corrected chi connectivity index (χ0v) is 16.1. The number of rotatable bonds is 6. The van der Waals surface area contributed by atoms with Gasteiger partial charge in [-0.05, 0) is 43.3 Å². The van der Waals surface area contributed by atoms with Gasteiger partial charge in [-0.25, -0.2) is 4.98 Å². The molecule has 0 bridgehead atoms. The number of ether oxygens (including phenoxy) is 3. The molecule has 0 aliphatic rings. The standard InChI is InChI=1S/C23H20N2O4/c1-3-28-15-8-6-9-16(14-15)29-23-17-10-4-5-12-19(17)24-22(25-23)18-11-7-13-20(27-2)21(18)26/h4-14,26H,3H2,1-2H3. The second kappa shape index (κ2) is 8.06. The molecule has 0 atom stereocenters. The van der Waals surface area contributed by atoms with Crippen molar-refractivity contribution in [1.29, 1.82) is 0 Å². The van der Waals surface area contributed by atoms with E-state index in [4.69, 9.17) is 14.2 Å². The molecule has 0 saturated carbocycles. The van der Waals surface area contributed by atoms with Gasteiger partial charge in [-0.2, -0.15) is 4.98 Å². The monoisotopic (exact) mass is 388 g/mol. The summed E-state index contributed by atoms with van der Waals surface area (Å²) in [5.74, 6) is 2.38. The SMILES string of the molecule is CCOc1cccc(Oc2nc(-c3cccc(OC)c3O)nc3ccccc23)c1. The average molecular weight is 388 g/mol. The lowest BCUT2D eigenvalue weighted by Gasteiger charge is -2.12. The zero-order chi connectivity index (χ0) is 20.2. The predicted molar refractivity (Wildman–Crippen MR) is 111 cm³/mol. The molecule has 0 aliphatic heterocycles. The maximum absolute atomic E-state index is 10.5. The van der Waals surface area contributed by atoms with Crippen LogP contribution in [0.4, 0.5) is 0 Å². The van der Waals surface area contributed by atoms with E-state index in [0.717, 1.165) is 5.39 Å². The Morgan fingerprint density at radius 3 is 2.52 bits per heavy atom. The van der Waals surface area contributed by atoms with Crippen molar-refractivity contribution < 1.29 is 19.3 Å². The summed E-state index contributed by atoms with van der Waals surface area (Å²) < 4.78 is 16.8. The van der Waals surface area contributed by atoms with Crippen molar-refractivity contribution in [1.82, 2.24) is 9.97 Å². The number of nitrogens with zero attached hydrogens (tertiary/aromatic N) is 2. The van der Waals surface area contributed by atoms with E-state index in [0.29, 0.717) is 46.6 Å². The summed E-state index contributed by atoms with van der Waals surface area (Å²) in [5.41, 5.74) is 1.17. The number of hydrogen-bond donors (Lipinski definition) is 1. The fraction of sp³-hybridized carbons (Fsp3) is 0.130. The molecule has 1 N–H and O–H groups in total. The smallest absolute Gasteiger partial charge is 0.230 e. The number of phenols is 1. The van der Waals surface area contributed by atoms with Gasteiger partial charge in [-0.3, -0.25) is 0 Å². The number of para-hydroxylation sites is 2. The van der Waals surface area contributed by atoms with Gasteiger partial charge < -0.3 is 19.3 Å². The fourth-order valence-electron chi connectivity index (χ4n) is 3.02. The van der Waals surface area contributed by atoms with Crippen LogP contribution in [0.2, 0.25) is 0 Å². The van der Waals surface area contributed by atoms with E-state index in [1.54, 1.807) is 18.2 Å². The molecule has 0 unspecified atom stereocenters. The van der Waals surface area contributed by atoms with Gasteiger partial charge in [-0.15, -0.1) is 0 Å². The number of methoxy groups -OCH3 is 1. The molecule has 0 amide bonds. The summed E-state index contributed by atoms with van der Waals surface area (Å²) in [6.45, 7) is 2.50. The van der Waals surface area contributed by atoms with Crippen LogP contribution in [0.3, 0.4) is 0 Å². The van der Waals surface area contributed by atoms with E-state index in [1.807, 2.05) is 55.5 Å². The highest BCUT2D eigenvalue weighted by molar-refractivity contribution is 5.86. The van der Waals surface area contributed by atoms with E-state index in [2.05, 4.69) is 9.97 Å². The molecule has 1 heterocycles. The number of fused-ring (bicyclic) bond motifs is 1. The highest BCUT2D eigenvalue weighted by Gasteiger charge is 2.16. The topological polar surface area (TPSA) is 73.7 Å². The molecule has 6 heteroatoms. The van der Waals surface area contributed by atoms with Crippen molar-refractivity contribution in [2.75, 3.05) is 13.7 Å². The highest BCUT2D eigenvalue weighted by atomic mass is 16.5. The third-order valence-corrected chi connectivity index (χ3v) is 4.36. The van der Waals surface area contributed by atoms with Crippen LogP contribution in [0.25, 0.3) is 22.3 Å². The highest BCUT2D eigenvalue weighted by Crippen LogP contribution is 2.38. The van der Waals surface area contributed by atoms with Crippen molar-refractivity contribution in [2.45, 2.75) is 6.92 Å². The van der Waals surface area contributed by atoms with Crippen LogP contribution in [0.5, 0.6) is 28.9 Å². The van der Waals surface area contributed by atoms with Gasteiger partial charge in [0.2, 0.25) is 5.88 Å². The maximum Gasteiger partial charge on any atom is 0.230 e. The molecule has 0 fully saturated rings. The van der Waals surface area contributed by atoms with E-state index < -0.39 is 0 Å². The third-order valence-electron chi connectivity index (χ3n) is 4.36. The summed E-state index contributed by atoms with van der Waals surface area (Å²) in [6, 6.07) is 20.1. The Kier molecular flexibility index (Phi) is 5.16. The first-order valence-electron chi connectivity index (χ1n) is 9.23. The third kappa shape index (κ3) is 3.78. The summed E-state index contributed by atoms with van der Waals surface area (Å²) in [7, 11) is 1.50. The van der Waals surface area contributed by atoms with Crippen molar-refractivity contribution in [3.05, 3.63) is 66.7 Å². The first-order valence-corrected chi connectivity index (χ1v) is 9.23. The quantitative estimate of drug-likeness (QED) is 0.489. The molecule has 0 aliphatic carbocycles. The van der Waals surface area contributed by atoms with E-state index >= 15 is 0 Å². The fourth-order valence-corrected chi connectivity index (χ4v) is 3.02. The molecule has 1 aromatic heterocycles. The van der Waals surface area contributed by atoms with Crippen LogP contribution < -0.4 is 14.2 Å². The minimum atomic E-state index is -0.0189. The van der Waals surface area contributed by atoms with Crippen LogP contribution >= 0.6 is 0 Å². The van der Waals surface area contributed by atoms with Crippen LogP contribution in [0.15, 0.2) is 66.7 Å². The van der Waals surface area contributed by atoms with Gasteiger partial charge in [0.1, 0.15) is 11.5 Å². The molecule has 3 aromatic carbocycles. The molecule has 0 radical (unpaired) electrons. The normalized spacial score (nSPS) is 10.7. The Balaban J connectivity index is 1.83. The van der Waals surface area contributed by atoms with Gasteiger partial charge in [0.15, 0.2) is 17.3 Å².